The van der Waals surface area contributed by atoms with E-state index >= 15 is 0 Å². The van der Waals surface area contributed by atoms with E-state index in [0.29, 0.717) is 12.3 Å². The average Bonchev–Trinajstić information content (AvgIpc) is 2.45. The predicted octanol–water partition coefficient (Wildman–Crippen LogP) is 1.17. The fourth-order valence-electron chi connectivity index (χ4n) is 1.44. The quantitative estimate of drug-likeness (QED) is 0.615. The van der Waals surface area contributed by atoms with Crippen molar-refractivity contribution < 1.29 is 23.5 Å². The van der Waals surface area contributed by atoms with Crippen LogP contribution in [0.3, 0.4) is 0 Å². The second kappa shape index (κ2) is 7.40. The highest BCUT2D eigenvalue weighted by Gasteiger charge is 2.27. The highest BCUT2D eigenvalue weighted by molar-refractivity contribution is 7.54. The lowest BCUT2D eigenvalue weighted by Gasteiger charge is -2.18. The van der Waals surface area contributed by atoms with Crippen LogP contribution in [0.25, 0.3) is 0 Å². The lowest BCUT2D eigenvalue weighted by atomic mass is 10.2. The Balaban J connectivity index is 2.68. The van der Waals surface area contributed by atoms with Crippen molar-refractivity contribution in [2.24, 2.45) is 11.5 Å². The lowest BCUT2D eigenvalue weighted by molar-refractivity contribution is -0.138. The molecule has 1 aromatic rings. The van der Waals surface area contributed by atoms with Gasteiger partial charge in [0.15, 0.2) is 0 Å². The van der Waals surface area contributed by atoms with Gasteiger partial charge in [-0.1, -0.05) is 12.1 Å². The van der Waals surface area contributed by atoms with E-state index in [0.717, 1.165) is 5.56 Å². The van der Waals surface area contributed by atoms with E-state index in [1.54, 1.807) is 24.3 Å². The summed E-state index contributed by atoms with van der Waals surface area (Å²) in [4.78, 5) is 10.6. The Bertz CT molecular complexity index is 491. The van der Waals surface area contributed by atoms with Gasteiger partial charge >= 0.3 is 13.6 Å². The number of hydrogen-bond acceptors (Lipinski definition) is 6. The third-order valence-electron chi connectivity index (χ3n) is 2.71. The first-order chi connectivity index (χ1) is 9.40. The van der Waals surface area contributed by atoms with Gasteiger partial charge in [-0.2, -0.15) is 0 Å². The number of carbonyl (C=O) groups is 1. The first-order valence-corrected chi connectivity index (χ1v) is 7.75. The molecule has 0 bridgehead atoms. The molecule has 0 aromatic heterocycles. The van der Waals surface area contributed by atoms with E-state index in [-0.39, 0.29) is 12.6 Å². The summed E-state index contributed by atoms with van der Waals surface area (Å²) in [6, 6.07) is 5.66. The summed E-state index contributed by atoms with van der Waals surface area (Å²) in [7, 11) is -2.16. The number of hydrogen-bond donors (Lipinski definition) is 3. The SMILES string of the molecule is COP(=O)(CCC(N)C(=O)O)Oc1ccc(CN)cc1. The van der Waals surface area contributed by atoms with Crippen molar-refractivity contribution in [3.05, 3.63) is 29.8 Å². The Kier molecular flexibility index (Phi) is 6.16. The number of carboxylic acid groups (broad SMARTS) is 1. The number of rotatable bonds is 8. The molecule has 20 heavy (non-hydrogen) atoms. The topological polar surface area (TPSA) is 125 Å². The molecule has 0 saturated carbocycles. The van der Waals surface area contributed by atoms with Gasteiger partial charge in [0.05, 0.1) is 6.16 Å². The number of carboxylic acids is 1. The molecule has 0 radical (unpaired) electrons. The third-order valence-corrected chi connectivity index (χ3v) is 4.56. The molecule has 0 amide bonds. The molecule has 0 aliphatic rings. The normalized spacial score (nSPS) is 15.3. The van der Waals surface area contributed by atoms with Crippen molar-refractivity contribution in [3.8, 4) is 5.75 Å². The van der Waals surface area contributed by atoms with Crippen LogP contribution >= 0.6 is 7.60 Å². The summed E-state index contributed by atoms with van der Waals surface area (Å²) in [6.07, 6.45) is -0.0725. The monoisotopic (exact) mass is 302 g/mol. The first kappa shape index (κ1) is 16.7. The molecule has 2 atom stereocenters. The molecular weight excluding hydrogens is 283 g/mol. The van der Waals surface area contributed by atoms with Crippen molar-refractivity contribution in [1.29, 1.82) is 0 Å². The highest BCUT2D eigenvalue weighted by atomic mass is 31.2. The first-order valence-electron chi connectivity index (χ1n) is 6.02. The molecule has 112 valence electrons. The third kappa shape index (κ3) is 4.94. The maximum atomic E-state index is 12.3. The van der Waals surface area contributed by atoms with Gasteiger partial charge in [-0.05, 0) is 24.1 Å². The Morgan fingerprint density at radius 3 is 2.45 bits per heavy atom. The summed E-state index contributed by atoms with van der Waals surface area (Å²) < 4.78 is 22.5. The summed E-state index contributed by atoms with van der Waals surface area (Å²) in [5, 5.41) is 8.69. The molecule has 8 heteroatoms. The molecule has 2 unspecified atom stereocenters. The zero-order chi connectivity index (χ0) is 15.2. The van der Waals surface area contributed by atoms with Crippen LogP contribution in [0, 0.1) is 0 Å². The van der Waals surface area contributed by atoms with E-state index < -0.39 is 19.6 Å². The van der Waals surface area contributed by atoms with Crippen LogP contribution in [0.15, 0.2) is 24.3 Å². The molecule has 0 fully saturated rings. The van der Waals surface area contributed by atoms with Gasteiger partial charge < -0.3 is 25.6 Å². The molecule has 0 aliphatic heterocycles. The van der Waals surface area contributed by atoms with Gasteiger partial charge in [-0.3, -0.25) is 4.79 Å². The minimum atomic E-state index is -3.41. The van der Waals surface area contributed by atoms with Gasteiger partial charge in [0.1, 0.15) is 11.8 Å². The Labute approximate surface area is 117 Å². The fourth-order valence-corrected chi connectivity index (χ4v) is 2.83. The standard InChI is InChI=1S/C12H19N2O5P/c1-18-20(17,7-6-11(14)12(15)16)19-10-4-2-9(8-13)3-5-10/h2-5,11H,6-8,13-14H2,1H3,(H,15,16). The number of benzene rings is 1. The molecule has 0 aliphatic carbocycles. The summed E-state index contributed by atoms with van der Waals surface area (Å²) in [6.45, 7) is 0.398. The Hall–Kier alpha value is -1.40. The van der Waals surface area contributed by atoms with Crippen LogP contribution < -0.4 is 16.0 Å². The maximum Gasteiger partial charge on any atom is 0.378 e. The molecule has 7 nitrogen and oxygen atoms in total. The van der Waals surface area contributed by atoms with Crippen LogP contribution in [0.4, 0.5) is 0 Å². The molecule has 1 rings (SSSR count). The second-order valence-corrected chi connectivity index (χ2v) is 6.41. The van der Waals surface area contributed by atoms with Crippen LogP contribution in [0.5, 0.6) is 5.75 Å². The van der Waals surface area contributed by atoms with Crippen LogP contribution in [-0.4, -0.2) is 30.4 Å². The molecule has 0 saturated heterocycles. The van der Waals surface area contributed by atoms with Gasteiger partial charge in [-0.25, -0.2) is 4.57 Å². The summed E-state index contributed by atoms with van der Waals surface area (Å²) in [5.74, 6) is -0.781. The minimum absolute atomic E-state index is 0.00132. The van der Waals surface area contributed by atoms with E-state index in [2.05, 4.69) is 0 Å². The Morgan fingerprint density at radius 1 is 1.40 bits per heavy atom. The zero-order valence-electron chi connectivity index (χ0n) is 11.2. The zero-order valence-corrected chi connectivity index (χ0v) is 12.1. The van der Waals surface area contributed by atoms with Gasteiger partial charge in [-0.15, -0.1) is 0 Å². The highest BCUT2D eigenvalue weighted by Crippen LogP contribution is 2.48. The van der Waals surface area contributed by atoms with Gasteiger partial charge in [0.2, 0.25) is 0 Å². The molecule has 0 heterocycles. The van der Waals surface area contributed by atoms with Crippen molar-refractivity contribution in [3.63, 3.8) is 0 Å². The largest absolute Gasteiger partial charge is 0.480 e. The van der Waals surface area contributed by atoms with E-state index in [1.807, 2.05) is 0 Å². The lowest BCUT2D eigenvalue weighted by Crippen LogP contribution is -2.31. The molecular formula is C12H19N2O5P. The van der Waals surface area contributed by atoms with E-state index in [4.69, 9.17) is 25.6 Å². The van der Waals surface area contributed by atoms with Crippen LogP contribution in [0.2, 0.25) is 0 Å². The van der Waals surface area contributed by atoms with Crippen LogP contribution in [0.1, 0.15) is 12.0 Å². The van der Waals surface area contributed by atoms with Crippen molar-refractivity contribution >= 4 is 13.6 Å². The molecule has 5 N–H and O–H groups in total. The second-order valence-electron chi connectivity index (χ2n) is 4.19. The summed E-state index contributed by atoms with van der Waals surface area (Å²) >= 11 is 0. The van der Waals surface area contributed by atoms with Crippen molar-refractivity contribution in [2.45, 2.75) is 19.0 Å². The fraction of sp³-hybridized carbons (Fsp3) is 0.417. The number of nitrogens with two attached hydrogens (primary N) is 2. The predicted molar refractivity (Wildman–Crippen MR) is 74.7 cm³/mol. The number of aliphatic carboxylic acids is 1. The molecule has 1 aromatic carbocycles. The molecule has 0 spiro atoms. The minimum Gasteiger partial charge on any atom is -0.480 e. The maximum absolute atomic E-state index is 12.3. The van der Waals surface area contributed by atoms with E-state index in [1.165, 1.54) is 7.11 Å². The van der Waals surface area contributed by atoms with Crippen LogP contribution in [-0.2, 0) is 20.4 Å². The van der Waals surface area contributed by atoms with Gasteiger partial charge in [0, 0.05) is 13.7 Å². The average molecular weight is 302 g/mol. The van der Waals surface area contributed by atoms with Crippen molar-refractivity contribution in [1.82, 2.24) is 0 Å². The smallest absolute Gasteiger partial charge is 0.378 e. The van der Waals surface area contributed by atoms with Crippen molar-refractivity contribution in [2.75, 3.05) is 13.3 Å². The van der Waals surface area contributed by atoms with E-state index in [9.17, 15) is 9.36 Å². The summed E-state index contributed by atoms with van der Waals surface area (Å²) in [5.41, 5.74) is 11.8. The van der Waals surface area contributed by atoms with Gasteiger partial charge in [0.25, 0.3) is 0 Å². The Morgan fingerprint density at radius 2 is 2.00 bits per heavy atom.